The molecule has 44 heavy (non-hydrogen) atoms. The largest absolute Gasteiger partial charge is 0.497 e. The number of carbonyl (C=O) groups excluding carboxylic acids is 3. The van der Waals surface area contributed by atoms with Crippen molar-refractivity contribution in [3.63, 3.8) is 0 Å². The second kappa shape index (κ2) is 13.3. The van der Waals surface area contributed by atoms with Gasteiger partial charge in [0.1, 0.15) is 5.75 Å². The van der Waals surface area contributed by atoms with Crippen LogP contribution in [0, 0.1) is 5.92 Å². The second-order valence-corrected chi connectivity index (χ2v) is 12.1. The van der Waals surface area contributed by atoms with E-state index in [0.29, 0.717) is 34.8 Å². The van der Waals surface area contributed by atoms with E-state index in [1.807, 2.05) is 12.1 Å². The Morgan fingerprint density at radius 1 is 1.16 bits per heavy atom. The SMILES string of the molecule is COc1ccc(C(=O)Nc2cccc(CN3C(=O)[C@@](O)([C@@H](C)/C=C/CC(=O)N4CCC[C@H]4CO)c4cc(Br)ccc43)c2)cc1. The smallest absolute Gasteiger partial charge is 0.264 e. The maximum Gasteiger partial charge on any atom is 0.264 e. The number of anilines is 2. The molecular formula is C34H36BrN3O6. The molecule has 0 radical (unpaired) electrons. The van der Waals surface area contributed by atoms with Crippen LogP contribution in [0.1, 0.15) is 47.7 Å². The van der Waals surface area contributed by atoms with Gasteiger partial charge in [-0.25, -0.2) is 0 Å². The summed E-state index contributed by atoms with van der Waals surface area (Å²) in [5.41, 5.74) is 1.04. The molecule has 2 aliphatic rings. The molecule has 0 spiro atoms. The summed E-state index contributed by atoms with van der Waals surface area (Å²) in [6.45, 7) is 2.50. The van der Waals surface area contributed by atoms with Crippen LogP contribution in [-0.4, -0.2) is 59.1 Å². The van der Waals surface area contributed by atoms with Crippen LogP contribution in [0.15, 0.2) is 83.4 Å². The molecule has 3 aromatic carbocycles. The number of halogens is 1. The Morgan fingerprint density at radius 2 is 1.93 bits per heavy atom. The monoisotopic (exact) mass is 661 g/mol. The molecule has 2 heterocycles. The van der Waals surface area contributed by atoms with Crippen LogP contribution in [0.25, 0.3) is 0 Å². The van der Waals surface area contributed by atoms with Gasteiger partial charge in [0.15, 0.2) is 5.60 Å². The van der Waals surface area contributed by atoms with E-state index in [2.05, 4.69) is 21.2 Å². The fourth-order valence-corrected chi connectivity index (χ4v) is 6.30. The van der Waals surface area contributed by atoms with Crippen molar-refractivity contribution in [1.29, 1.82) is 0 Å². The third kappa shape index (κ3) is 6.29. The Bertz CT molecular complexity index is 1580. The summed E-state index contributed by atoms with van der Waals surface area (Å²) in [4.78, 5) is 42.8. The Morgan fingerprint density at radius 3 is 2.66 bits per heavy atom. The number of aliphatic hydroxyl groups excluding tert-OH is 1. The van der Waals surface area contributed by atoms with E-state index < -0.39 is 17.4 Å². The van der Waals surface area contributed by atoms with Crippen molar-refractivity contribution >= 4 is 45.0 Å². The number of rotatable bonds is 10. The molecule has 3 atom stereocenters. The lowest BCUT2D eigenvalue weighted by Crippen LogP contribution is -2.44. The van der Waals surface area contributed by atoms with Gasteiger partial charge < -0.3 is 30.1 Å². The van der Waals surface area contributed by atoms with Crippen molar-refractivity contribution in [2.45, 2.75) is 44.4 Å². The molecule has 3 amide bonds. The van der Waals surface area contributed by atoms with Gasteiger partial charge in [-0.2, -0.15) is 0 Å². The number of benzene rings is 3. The molecule has 9 nitrogen and oxygen atoms in total. The number of fused-ring (bicyclic) bond motifs is 1. The van der Waals surface area contributed by atoms with Gasteiger partial charge in [-0.3, -0.25) is 14.4 Å². The lowest BCUT2D eigenvalue weighted by atomic mass is 9.83. The Kier molecular flexibility index (Phi) is 9.53. The van der Waals surface area contributed by atoms with Gasteiger partial charge in [-0.15, -0.1) is 0 Å². The average Bonchev–Trinajstić information content (AvgIpc) is 3.59. The van der Waals surface area contributed by atoms with Crippen molar-refractivity contribution < 1.29 is 29.3 Å². The van der Waals surface area contributed by atoms with E-state index in [-0.39, 0.29) is 37.4 Å². The maximum absolute atomic E-state index is 14.0. The van der Waals surface area contributed by atoms with Crippen molar-refractivity contribution in [1.82, 2.24) is 4.90 Å². The minimum Gasteiger partial charge on any atom is -0.497 e. The fourth-order valence-electron chi connectivity index (χ4n) is 5.94. The summed E-state index contributed by atoms with van der Waals surface area (Å²) in [6.07, 6.45) is 5.18. The zero-order valence-electron chi connectivity index (χ0n) is 24.7. The molecule has 3 N–H and O–H groups in total. The van der Waals surface area contributed by atoms with Crippen molar-refractivity contribution in [3.8, 4) is 5.75 Å². The number of nitrogens with one attached hydrogen (secondary N) is 1. The number of methoxy groups -OCH3 is 1. The van der Waals surface area contributed by atoms with Crippen molar-refractivity contribution in [2.75, 3.05) is 30.5 Å². The molecule has 2 aliphatic heterocycles. The summed E-state index contributed by atoms with van der Waals surface area (Å²) in [7, 11) is 1.56. The molecule has 0 aliphatic carbocycles. The minimum absolute atomic E-state index is 0.0560. The maximum atomic E-state index is 14.0. The zero-order valence-corrected chi connectivity index (χ0v) is 26.3. The second-order valence-electron chi connectivity index (χ2n) is 11.2. The molecule has 0 unspecified atom stereocenters. The lowest BCUT2D eigenvalue weighted by Gasteiger charge is -2.28. The van der Waals surface area contributed by atoms with Gasteiger partial charge in [-0.05, 0) is 73.0 Å². The predicted octanol–water partition coefficient (Wildman–Crippen LogP) is 5.01. The summed E-state index contributed by atoms with van der Waals surface area (Å²) in [5, 5.41) is 24.4. The highest BCUT2D eigenvalue weighted by molar-refractivity contribution is 9.10. The zero-order chi connectivity index (χ0) is 31.4. The Hall–Kier alpha value is -3.99. The molecule has 230 valence electrons. The number of carbonyl (C=O) groups is 3. The first kappa shape index (κ1) is 31.4. The van der Waals surface area contributed by atoms with Crippen molar-refractivity contribution in [2.24, 2.45) is 5.92 Å². The van der Waals surface area contributed by atoms with E-state index in [9.17, 15) is 24.6 Å². The molecule has 0 bridgehead atoms. The number of ether oxygens (including phenoxy) is 1. The van der Waals surface area contributed by atoms with Crippen LogP contribution in [0.2, 0.25) is 0 Å². The minimum atomic E-state index is -1.85. The number of hydrogen-bond acceptors (Lipinski definition) is 6. The summed E-state index contributed by atoms with van der Waals surface area (Å²) >= 11 is 3.48. The molecule has 1 saturated heterocycles. The van der Waals surface area contributed by atoms with Crippen LogP contribution in [0.3, 0.4) is 0 Å². The standard InChI is InChI=1S/C34H36BrN3O6/c1-22(6-3-10-31(40)37-17-5-9-27(37)21-39)34(43)29-19-25(35)13-16-30(29)38(33(34)42)20-23-7-4-8-26(18-23)36-32(41)24-11-14-28(44-2)15-12-24/h3-4,6-8,11-16,18-19,22,27,39,43H,5,9-10,17,20-21H2,1-2H3,(H,36,41)/b6-3+/t22-,27-,34+/m0/s1. The number of nitrogens with zero attached hydrogens (tertiary/aromatic N) is 2. The average molecular weight is 663 g/mol. The van der Waals surface area contributed by atoms with Gasteiger partial charge in [0.2, 0.25) is 5.91 Å². The Labute approximate surface area is 265 Å². The molecule has 0 saturated carbocycles. The molecule has 0 aromatic heterocycles. The number of aliphatic hydroxyl groups is 2. The highest BCUT2D eigenvalue weighted by Crippen LogP contribution is 2.46. The molecular weight excluding hydrogens is 626 g/mol. The van der Waals surface area contributed by atoms with E-state index in [1.54, 1.807) is 90.6 Å². The first-order chi connectivity index (χ1) is 21.1. The van der Waals surface area contributed by atoms with Crippen molar-refractivity contribution in [3.05, 3.63) is 100 Å². The highest BCUT2D eigenvalue weighted by atomic mass is 79.9. The molecule has 10 heteroatoms. The Balaban J connectivity index is 1.32. The van der Waals surface area contributed by atoms with E-state index in [4.69, 9.17) is 4.74 Å². The third-order valence-corrected chi connectivity index (χ3v) is 8.89. The quantitative estimate of drug-likeness (QED) is 0.263. The molecule has 1 fully saturated rings. The van der Waals surface area contributed by atoms with Gasteiger partial charge in [0, 0.05) is 40.2 Å². The molecule has 5 rings (SSSR count). The molecule has 3 aromatic rings. The summed E-state index contributed by atoms with van der Waals surface area (Å²) in [6, 6.07) is 19.3. The van der Waals surface area contributed by atoms with Crippen LogP contribution in [-0.2, 0) is 21.7 Å². The van der Waals surface area contributed by atoms with Crippen LogP contribution >= 0.6 is 15.9 Å². The van der Waals surface area contributed by atoms with E-state index >= 15 is 0 Å². The van der Waals surface area contributed by atoms with Crippen LogP contribution in [0.5, 0.6) is 5.75 Å². The van der Waals surface area contributed by atoms with Crippen LogP contribution in [0.4, 0.5) is 11.4 Å². The third-order valence-electron chi connectivity index (χ3n) is 8.39. The fraction of sp³-hybridized carbons (Fsp3) is 0.324. The lowest BCUT2D eigenvalue weighted by molar-refractivity contribution is -0.139. The van der Waals surface area contributed by atoms with Gasteiger partial charge in [0.25, 0.3) is 11.8 Å². The van der Waals surface area contributed by atoms with Gasteiger partial charge in [0.05, 0.1) is 32.0 Å². The normalized spacial score (nSPS) is 20.2. The van der Waals surface area contributed by atoms with Crippen LogP contribution < -0.4 is 15.0 Å². The van der Waals surface area contributed by atoms with E-state index in [0.717, 1.165) is 22.9 Å². The first-order valence-electron chi connectivity index (χ1n) is 14.6. The number of amides is 3. The topological polar surface area (TPSA) is 119 Å². The van der Waals surface area contributed by atoms with Gasteiger partial charge in [-0.1, -0.05) is 47.1 Å². The van der Waals surface area contributed by atoms with E-state index in [1.165, 1.54) is 0 Å². The van der Waals surface area contributed by atoms with Gasteiger partial charge >= 0.3 is 0 Å². The first-order valence-corrected chi connectivity index (χ1v) is 15.4. The number of likely N-dealkylation sites (tertiary alicyclic amines) is 1. The number of hydrogen-bond donors (Lipinski definition) is 3. The summed E-state index contributed by atoms with van der Waals surface area (Å²) in [5.74, 6) is -0.812. The predicted molar refractivity (Wildman–Crippen MR) is 171 cm³/mol. The highest BCUT2D eigenvalue weighted by Gasteiger charge is 2.52. The summed E-state index contributed by atoms with van der Waals surface area (Å²) < 4.78 is 5.88.